The van der Waals surface area contributed by atoms with Crippen molar-refractivity contribution in [3.8, 4) is 11.1 Å². The monoisotopic (exact) mass is 441 g/mol. The van der Waals surface area contributed by atoms with Crippen LogP contribution in [0.25, 0.3) is 11.1 Å². The first kappa shape index (κ1) is 24.7. The largest absolute Gasteiger partial charge is 0.383 e. The van der Waals surface area contributed by atoms with E-state index in [-0.39, 0.29) is 34.7 Å². The van der Waals surface area contributed by atoms with Crippen LogP contribution in [-0.4, -0.2) is 39.0 Å². The van der Waals surface area contributed by atoms with Crippen molar-refractivity contribution in [3.63, 3.8) is 0 Å². The third-order valence-corrected chi connectivity index (χ3v) is 4.52. The number of carbonyl (C=O) groups is 2. The van der Waals surface area contributed by atoms with Crippen molar-refractivity contribution in [1.82, 2.24) is 15.3 Å². The second-order valence-corrected chi connectivity index (χ2v) is 7.58. The summed E-state index contributed by atoms with van der Waals surface area (Å²) in [7, 11) is 0. The van der Waals surface area contributed by atoms with Crippen LogP contribution in [0.2, 0.25) is 0 Å². The molecule has 2 rings (SSSR count). The summed E-state index contributed by atoms with van der Waals surface area (Å²) in [4.78, 5) is 33.1. The highest BCUT2D eigenvalue weighted by atomic mass is 19.1. The molecular weight excluding hydrogens is 413 g/mol. The zero-order valence-corrected chi connectivity index (χ0v) is 18.7. The second-order valence-electron chi connectivity index (χ2n) is 7.58. The molecule has 2 aromatic heterocycles. The number of aromatic nitrogens is 2. The summed E-state index contributed by atoms with van der Waals surface area (Å²) in [5.74, 6) is -1.26. The van der Waals surface area contributed by atoms with Gasteiger partial charge in [-0.05, 0) is 64.0 Å². The summed E-state index contributed by atoms with van der Waals surface area (Å²) in [5, 5.41) is 15.5. The molecule has 0 saturated heterocycles. The van der Waals surface area contributed by atoms with Crippen molar-refractivity contribution in [2.24, 2.45) is 0 Å². The first-order chi connectivity index (χ1) is 15.0. The minimum Gasteiger partial charge on any atom is -0.383 e. The highest BCUT2D eigenvalue weighted by Crippen LogP contribution is 2.26. The number of aliphatic hydroxyl groups excluding tert-OH is 1. The lowest BCUT2D eigenvalue weighted by Crippen LogP contribution is -2.30. The van der Waals surface area contributed by atoms with Crippen molar-refractivity contribution in [1.29, 1.82) is 0 Å². The first-order valence-electron chi connectivity index (χ1n) is 10.1. The number of carbonyl (C=O) groups excluding carboxylic acids is 2. The second kappa shape index (κ2) is 10.6. The van der Waals surface area contributed by atoms with Crippen LogP contribution in [0.3, 0.4) is 0 Å². The Morgan fingerprint density at radius 2 is 1.91 bits per heavy atom. The van der Waals surface area contributed by atoms with Crippen molar-refractivity contribution in [3.05, 3.63) is 59.2 Å². The van der Waals surface area contributed by atoms with Crippen molar-refractivity contribution in [2.45, 2.75) is 46.8 Å². The number of hydrogen-bond acceptors (Lipinski definition) is 6. The number of nitrogens with two attached hydrogens (primary N) is 1. The molecule has 0 saturated carbocycles. The number of hydrogen-bond donors (Lipinski definition) is 4. The Morgan fingerprint density at radius 1 is 1.22 bits per heavy atom. The summed E-state index contributed by atoms with van der Waals surface area (Å²) in [5.41, 5.74) is 8.33. The molecule has 32 heavy (non-hydrogen) atoms. The van der Waals surface area contributed by atoms with Gasteiger partial charge in [-0.2, -0.15) is 0 Å². The molecule has 0 aliphatic carbocycles. The summed E-state index contributed by atoms with van der Waals surface area (Å²) in [6, 6.07) is 3.20. The van der Waals surface area contributed by atoms with Gasteiger partial charge in [0.15, 0.2) is 6.10 Å². The standard InChI is InChI=1S/C23H28FN5O3/c1-6-15(8-14(5)24)20(30)23(32)29-19-7-13(4)18(11-26-19)16-9-17(21(25)27-10-16)22(31)28-12(2)3/h6-12,20,30H,1-5H3,(H2,25,27)(H,28,31)(H,26,29,32)/b14-8+,15-6+. The Hall–Kier alpha value is -3.59. The van der Waals surface area contributed by atoms with E-state index in [1.807, 2.05) is 13.8 Å². The van der Waals surface area contributed by atoms with Crippen LogP contribution in [0.15, 0.2) is 48.1 Å². The number of rotatable bonds is 7. The van der Waals surface area contributed by atoms with E-state index in [9.17, 15) is 19.1 Å². The average molecular weight is 442 g/mol. The maximum absolute atomic E-state index is 13.1. The average Bonchev–Trinajstić information content (AvgIpc) is 2.71. The molecular formula is C23H28FN5O3. The van der Waals surface area contributed by atoms with Gasteiger partial charge in [0.25, 0.3) is 11.8 Å². The fourth-order valence-electron chi connectivity index (χ4n) is 2.97. The molecule has 0 aromatic carbocycles. The third kappa shape index (κ3) is 6.21. The number of nitrogens with zero attached hydrogens (tertiary/aromatic N) is 2. The van der Waals surface area contributed by atoms with Gasteiger partial charge in [-0.3, -0.25) is 9.59 Å². The number of halogens is 1. The number of aliphatic hydroxyl groups is 1. The molecule has 0 spiro atoms. The van der Waals surface area contributed by atoms with Crippen LogP contribution in [0.4, 0.5) is 16.0 Å². The molecule has 170 valence electrons. The minimum absolute atomic E-state index is 0.0559. The van der Waals surface area contributed by atoms with Crippen LogP contribution in [-0.2, 0) is 4.79 Å². The van der Waals surface area contributed by atoms with Gasteiger partial charge >= 0.3 is 0 Å². The summed E-state index contributed by atoms with van der Waals surface area (Å²) in [6.45, 7) is 8.32. The van der Waals surface area contributed by atoms with E-state index in [4.69, 9.17) is 5.73 Å². The van der Waals surface area contributed by atoms with Gasteiger partial charge in [-0.25, -0.2) is 14.4 Å². The lowest BCUT2D eigenvalue weighted by atomic mass is 10.0. The summed E-state index contributed by atoms with van der Waals surface area (Å²) >= 11 is 0. The Labute approximate surface area is 186 Å². The Balaban J connectivity index is 2.27. The maximum atomic E-state index is 13.1. The van der Waals surface area contributed by atoms with Gasteiger partial charge in [0.1, 0.15) is 11.6 Å². The highest BCUT2D eigenvalue weighted by Gasteiger charge is 2.20. The van der Waals surface area contributed by atoms with E-state index in [2.05, 4.69) is 20.6 Å². The molecule has 1 unspecified atom stereocenters. The Kier molecular flexibility index (Phi) is 8.20. The summed E-state index contributed by atoms with van der Waals surface area (Å²) in [6.07, 6.45) is 4.06. The van der Waals surface area contributed by atoms with Gasteiger partial charge < -0.3 is 21.5 Å². The molecule has 8 nitrogen and oxygen atoms in total. The number of anilines is 2. The third-order valence-electron chi connectivity index (χ3n) is 4.52. The number of aryl methyl sites for hydroxylation is 1. The Morgan fingerprint density at radius 3 is 2.47 bits per heavy atom. The summed E-state index contributed by atoms with van der Waals surface area (Å²) < 4.78 is 13.1. The molecule has 0 aliphatic rings. The SMILES string of the molecule is C/C=C(\C=C(/C)F)C(O)C(=O)Nc1cc(C)c(-c2cnc(N)c(C(=O)NC(C)C)c2)cn1. The number of amides is 2. The molecule has 9 heteroatoms. The molecule has 0 fully saturated rings. The van der Waals surface area contributed by atoms with E-state index in [0.717, 1.165) is 11.6 Å². The van der Waals surface area contributed by atoms with Gasteiger partial charge in [-0.15, -0.1) is 0 Å². The lowest BCUT2D eigenvalue weighted by molar-refractivity contribution is -0.122. The van der Waals surface area contributed by atoms with Crippen molar-refractivity contribution in [2.75, 3.05) is 11.1 Å². The molecule has 0 radical (unpaired) electrons. The van der Waals surface area contributed by atoms with E-state index in [0.29, 0.717) is 11.1 Å². The normalized spacial score (nSPS) is 13.1. The van der Waals surface area contributed by atoms with Gasteiger partial charge in [0.05, 0.1) is 11.4 Å². The molecule has 0 aliphatic heterocycles. The lowest BCUT2D eigenvalue weighted by Gasteiger charge is -2.14. The van der Waals surface area contributed by atoms with Crippen LogP contribution < -0.4 is 16.4 Å². The van der Waals surface area contributed by atoms with E-state index in [1.54, 1.807) is 26.0 Å². The van der Waals surface area contributed by atoms with E-state index in [1.165, 1.54) is 25.4 Å². The van der Waals surface area contributed by atoms with Gasteiger partial charge in [0.2, 0.25) is 0 Å². The van der Waals surface area contributed by atoms with Crippen LogP contribution in [0.1, 0.15) is 43.6 Å². The molecule has 5 N–H and O–H groups in total. The number of nitrogen functional groups attached to an aromatic ring is 1. The fraction of sp³-hybridized carbons (Fsp3) is 0.304. The predicted octanol–water partition coefficient (Wildman–Crippen LogP) is 3.29. The molecule has 2 heterocycles. The number of nitrogens with one attached hydrogen (secondary N) is 2. The maximum Gasteiger partial charge on any atom is 0.258 e. The zero-order chi connectivity index (χ0) is 24.0. The van der Waals surface area contributed by atoms with E-state index >= 15 is 0 Å². The zero-order valence-electron chi connectivity index (χ0n) is 18.7. The predicted molar refractivity (Wildman–Crippen MR) is 122 cm³/mol. The van der Waals surface area contributed by atoms with Gasteiger partial charge in [0, 0.05) is 29.6 Å². The fourth-order valence-corrected chi connectivity index (χ4v) is 2.97. The van der Waals surface area contributed by atoms with Crippen molar-refractivity contribution >= 4 is 23.5 Å². The Bertz CT molecular complexity index is 1080. The van der Waals surface area contributed by atoms with E-state index < -0.39 is 17.8 Å². The van der Waals surface area contributed by atoms with Crippen LogP contribution in [0, 0.1) is 6.92 Å². The molecule has 2 aromatic rings. The minimum atomic E-state index is -1.55. The number of allylic oxidation sites excluding steroid dienone is 2. The smallest absolute Gasteiger partial charge is 0.258 e. The topological polar surface area (TPSA) is 130 Å². The van der Waals surface area contributed by atoms with Crippen molar-refractivity contribution < 1.29 is 19.1 Å². The quantitative estimate of drug-likeness (QED) is 0.488. The highest BCUT2D eigenvalue weighted by molar-refractivity contribution is 5.99. The molecule has 2 amide bonds. The molecule has 0 bridgehead atoms. The first-order valence-corrected chi connectivity index (χ1v) is 10.1. The molecule has 1 atom stereocenters. The van der Waals surface area contributed by atoms with Gasteiger partial charge in [-0.1, -0.05) is 6.08 Å². The van der Waals surface area contributed by atoms with Crippen LogP contribution >= 0.6 is 0 Å². The number of pyridine rings is 2. The van der Waals surface area contributed by atoms with Crippen LogP contribution in [0.5, 0.6) is 0 Å².